The molecule has 7 heteroatoms. The average Bonchev–Trinajstić information content (AvgIpc) is 2.78. The fourth-order valence-electron chi connectivity index (χ4n) is 3.42. The number of nitrogens with one attached hydrogen (secondary N) is 2. The van der Waals surface area contributed by atoms with E-state index in [1.807, 2.05) is 0 Å². The van der Waals surface area contributed by atoms with Crippen LogP contribution in [0.5, 0.6) is 0 Å². The van der Waals surface area contributed by atoms with E-state index in [1.165, 1.54) is 0 Å². The molecule has 4 amide bonds. The molecule has 2 N–H and O–H groups in total. The number of anilines is 1. The van der Waals surface area contributed by atoms with Crippen LogP contribution in [0, 0.1) is 0 Å². The molecule has 1 saturated carbocycles. The molecule has 2 aliphatic rings. The maximum atomic E-state index is 12.8. The number of carbonyl (C=O) groups is 3. The van der Waals surface area contributed by atoms with Crippen LogP contribution >= 0.6 is 11.6 Å². The lowest BCUT2D eigenvalue weighted by Crippen LogP contribution is -2.50. The van der Waals surface area contributed by atoms with E-state index in [1.54, 1.807) is 31.2 Å². The molecule has 0 bridgehead atoms. The number of amides is 4. The van der Waals surface area contributed by atoms with Crippen molar-refractivity contribution in [2.24, 2.45) is 0 Å². The Hall–Kier alpha value is -2.08. The predicted molar refractivity (Wildman–Crippen MR) is 90.7 cm³/mol. The second-order valence-electron chi connectivity index (χ2n) is 6.42. The van der Waals surface area contributed by atoms with E-state index < -0.39 is 23.5 Å². The number of urea groups is 1. The summed E-state index contributed by atoms with van der Waals surface area (Å²) in [6.45, 7) is 1.55. The summed E-state index contributed by atoms with van der Waals surface area (Å²) in [6, 6.07) is 5.35. The number of hydrogen-bond donors (Lipinski definition) is 2. The van der Waals surface area contributed by atoms with Crippen molar-refractivity contribution in [3.63, 3.8) is 0 Å². The number of benzene rings is 1. The second kappa shape index (κ2) is 6.43. The van der Waals surface area contributed by atoms with Gasteiger partial charge in [-0.05, 0) is 38.0 Å². The summed E-state index contributed by atoms with van der Waals surface area (Å²) in [5, 5.41) is 6.01. The summed E-state index contributed by atoms with van der Waals surface area (Å²) in [4.78, 5) is 38.6. The predicted octanol–water partition coefficient (Wildman–Crippen LogP) is 2.92. The molecule has 1 aromatic rings. The number of rotatable bonds is 3. The molecule has 1 aromatic carbocycles. The summed E-state index contributed by atoms with van der Waals surface area (Å²) < 4.78 is 0. The van der Waals surface area contributed by atoms with Crippen LogP contribution in [0.2, 0.25) is 5.02 Å². The Balaban J connectivity index is 1.74. The van der Waals surface area contributed by atoms with Crippen molar-refractivity contribution in [3.05, 3.63) is 29.3 Å². The SMILES string of the molecule is C[C@H](C(=O)Nc1cccc(Cl)c1)N1C(=O)NC2(CCCCC2)C1=O. The van der Waals surface area contributed by atoms with Gasteiger partial charge in [-0.15, -0.1) is 0 Å². The van der Waals surface area contributed by atoms with Crippen molar-refractivity contribution in [3.8, 4) is 0 Å². The maximum Gasteiger partial charge on any atom is 0.325 e. The summed E-state index contributed by atoms with van der Waals surface area (Å²) in [5.74, 6) is -0.713. The first-order valence-corrected chi connectivity index (χ1v) is 8.53. The largest absolute Gasteiger partial charge is 0.325 e. The lowest BCUT2D eigenvalue weighted by Gasteiger charge is -2.31. The minimum absolute atomic E-state index is 0.291. The van der Waals surface area contributed by atoms with E-state index >= 15 is 0 Å². The van der Waals surface area contributed by atoms with Crippen LogP contribution in [0.1, 0.15) is 39.0 Å². The molecule has 1 atom stereocenters. The van der Waals surface area contributed by atoms with Gasteiger partial charge in [-0.25, -0.2) is 9.69 Å². The van der Waals surface area contributed by atoms with E-state index in [2.05, 4.69) is 10.6 Å². The molecule has 1 spiro atoms. The van der Waals surface area contributed by atoms with Gasteiger partial charge in [0.25, 0.3) is 5.91 Å². The van der Waals surface area contributed by atoms with Crippen LogP contribution < -0.4 is 10.6 Å². The molecule has 1 heterocycles. The molecule has 0 aromatic heterocycles. The molecule has 2 fully saturated rings. The van der Waals surface area contributed by atoms with Crippen LogP contribution in [0.25, 0.3) is 0 Å². The van der Waals surface area contributed by atoms with Gasteiger partial charge in [0, 0.05) is 10.7 Å². The molecule has 24 heavy (non-hydrogen) atoms. The molecular formula is C17H20ClN3O3. The lowest BCUT2D eigenvalue weighted by atomic mass is 9.81. The zero-order valence-corrected chi connectivity index (χ0v) is 14.2. The van der Waals surface area contributed by atoms with Gasteiger partial charge in [-0.1, -0.05) is 36.9 Å². The highest BCUT2D eigenvalue weighted by Gasteiger charge is 2.53. The van der Waals surface area contributed by atoms with Gasteiger partial charge in [0.2, 0.25) is 5.91 Å². The van der Waals surface area contributed by atoms with Gasteiger partial charge in [0.15, 0.2) is 0 Å². The van der Waals surface area contributed by atoms with Crippen molar-refractivity contribution in [2.75, 3.05) is 5.32 Å². The van der Waals surface area contributed by atoms with Crippen molar-refractivity contribution < 1.29 is 14.4 Å². The van der Waals surface area contributed by atoms with Crippen molar-refractivity contribution in [1.82, 2.24) is 10.2 Å². The van der Waals surface area contributed by atoms with Gasteiger partial charge in [-0.2, -0.15) is 0 Å². The van der Waals surface area contributed by atoms with Crippen LogP contribution in [0.3, 0.4) is 0 Å². The summed E-state index contributed by atoms with van der Waals surface area (Å²) in [6.07, 6.45) is 4.15. The minimum Gasteiger partial charge on any atom is -0.324 e. The van der Waals surface area contributed by atoms with Crippen molar-refractivity contribution in [2.45, 2.75) is 50.6 Å². The molecule has 6 nitrogen and oxygen atoms in total. The van der Waals surface area contributed by atoms with E-state index in [0.717, 1.165) is 24.2 Å². The van der Waals surface area contributed by atoms with E-state index in [9.17, 15) is 14.4 Å². The standard InChI is InChI=1S/C17H20ClN3O3/c1-11(14(22)19-13-7-5-6-12(18)10-13)21-15(23)17(20-16(21)24)8-3-2-4-9-17/h5-7,10-11H,2-4,8-9H2,1H3,(H,19,22)(H,20,24)/t11-/m1/s1. The van der Waals surface area contributed by atoms with Crippen LogP contribution in [-0.2, 0) is 9.59 Å². The number of halogens is 1. The smallest absolute Gasteiger partial charge is 0.324 e. The highest BCUT2D eigenvalue weighted by molar-refractivity contribution is 6.30. The Bertz CT molecular complexity index is 685. The van der Waals surface area contributed by atoms with E-state index in [4.69, 9.17) is 11.6 Å². The monoisotopic (exact) mass is 349 g/mol. The minimum atomic E-state index is -0.891. The van der Waals surface area contributed by atoms with Crippen LogP contribution in [0.4, 0.5) is 10.5 Å². The van der Waals surface area contributed by atoms with Crippen molar-refractivity contribution in [1.29, 1.82) is 0 Å². The van der Waals surface area contributed by atoms with E-state index in [-0.39, 0.29) is 5.91 Å². The first-order chi connectivity index (χ1) is 11.4. The summed E-state index contributed by atoms with van der Waals surface area (Å²) in [5.41, 5.74) is -0.293. The number of carbonyl (C=O) groups excluding carboxylic acids is 3. The lowest BCUT2D eigenvalue weighted by molar-refractivity contribution is -0.137. The van der Waals surface area contributed by atoms with Gasteiger partial charge in [0.05, 0.1) is 0 Å². The number of imide groups is 1. The third kappa shape index (κ3) is 2.98. The fourth-order valence-corrected chi connectivity index (χ4v) is 3.61. The first-order valence-electron chi connectivity index (χ1n) is 8.15. The Morgan fingerprint density at radius 1 is 1.29 bits per heavy atom. The third-order valence-electron chi connectivity index (χ3n) is 4.76. The fraction of sp³-hybridized carbons (Fsp3) is 0.471. The normalized spacial score (nSPS) is 20.8. The quantitative estimate of drug-likeness (QED) is 0.823. The average molecular weight is 350 g/mol. The van der Waals surface area contributed by atoms with Crippen LogP contribution in [-0.4, -0.2) is 34.3 Å². The molecule has 0 unspecified atom stereocenters. The van der Waals surface area contributed by atoms with Gasteiger partial charge in [-0.3, -0.25) is 9.59 Å². The highest BCUT2D eigenvalue weighted by atomic mass is 35.5. The van der Waals surface area contributed by atoms with E-state index in [0.29, 0.717) is 23.6 Å². The maximum absolute atomic E-state index is 12.8. The molecule has 1 aliphatic carbocycles. The highest BCUT2D eigenvalue weighted by Crippen LogP contribution is 2.34. The molecular weight excluding hydrogens is 330 g/mol. The van der Waals surface area contributed by atoms with Gasteiger partial charge in [0.1, 0.15) is 11.6 Å². The van der Waals surface area contributed by atoms with Crippen molar-refractivity contribution >= 4 is 35.1 Å². The molecule has 128 valence electrons. The Morgan fingerprint density at radius 2 is 2.00 bits per heavy atom. The summed E-state index contributed by atoms with van der Waals surface area (Å²) in [7, 11) is 0. The third-order valence-corrected chi connectivity index (χ3v) is 4.99. The van der Waals surface area contributed by atoms with Crippen LogP contribution in [0.15, 0.2) is 24.3 Å². The van der Waals surface area contributed by atoms with Gasteiger partial charge >= 0.3 is 6.03 Å². The zero-order valence-electron chi connectivity index (χ0n) is 13.5. The number of nitrogens with zero attached hydrogens (tertiary/aromatic N) is 1. The molecule has 3 rings (SSSR count). The summed E-state index contributed by atoms with van der Waals surface area (Å²) >= 11 is 5.90. The Labute approximate surface area is 145 Å². The first kappa shape index (κ1) is 16.8. The Kier molecular flexibility index (Phi) is 4.49. The topological polar surface area (TPSA) is 78.5 Å². The Morgan fingerprint density at radius 3 is 2.67 bits per heavy atom. The number of hydrogen-bond acceptors (Lipinski definition) is 3. The molecule has 0 radical (unpaired) electrons. The molecule has 1 aliphatic heterocycles. The molecule has 1 saturated heterocycles. The second-order valence-corrected chi connectivity index (χ2v) is 6.86. The van der Waals surface area contributed by atoms with Gasteiger partial charge < -0.3 is 10.6 Å². The zero-order chi connectivity index (χ0) is 17.3.